The summed E-state index contributed by atoms with van der Waals surface area (Å²) in [5.41, 5.74) is 0.312. The van der Waals surface area contributed by atoms with Gasteiger partial charge in [0, 0.05) is 26.0 Å². The van der Waals surface area contributed by atoms with Crippen LogP contribution in [0.1, 0.15) is 11.1 Å². The molecule has 0 saturated carbocycles. The zero-order chi connectivity index (χ0) is 13.9. The van der Waals surface area contributed by atoms with E-state index < -0.39 is 11.7 Å². The van der Waals surface area contributed by atoms with E-state index in [4.69, 9.17) is 0 Å². The van der Waals surface area contributed by atoms with E-state index in [0.717, 1.165) is 24.2 Å². The molecule has 0 fully saturated rings. The normalized spacial score (nSPS) is 11.6. The largest absolute Gasteiger partial charge is 0.417 e. The van der Waals surface area contributed by atoms with Crippen LogP contribution in [0.15, 0.2) is 30.7 Å². The predicted molar refractivity (Wildman–Crippen MR) is 64.6 cm³/mol. The van der Waals surface area contributed by atoms with E-state index in [9.17, 15) is 13.2 Å². The van der Waals surface area contributed by atoms with E-state index in [2.05, 4.69) is 15.4 Å². The molecule has 0 saturated heterocycles. The van der Waals surface area contributed by atoms with Crippen LogP contribution in [0, 0.1) is 0 Å². The van der Waals surface area contributed by atoms with Gasteiger partial charge in [0.1, 0.15) is 5.82 Å². The fraction of sp³-hybridized carbons (Fsp3) is 0.333. The van der Waals surface area contributed by atoms with Gasteiger partial charge in [-0.1, -0.05) is 0 Å². The van der Waals surface area contributed by atoms with Gasteiger partial charge in [0.15, 0.2) is 0 Å². The molecule has 0 unspecified atom stereocenters. The molecule has 0 spiro atoms. The molecule has 102 valence electrons. The maximum absolute atomic E-state index is 12.3. The Bertz CT molecular complexity index is 531. The fourth-order valence-corrected chi connectivity index (χ4v) is 1.60. The third-order valence-electron chi connectivity index (χ3n) is 2.57. The van der Waals surface area contributed by atoms with Crippen LogP contribution in [-0.4, -0.2) is 21.3 Å². The molecular weight excluding hydrogens is 257 g/mol. The lowest BCUT2D eigenvalue weighted by Gasteiger charge is -2.08. The average Bonchev–Trinajstić information content (AvgIpc) is 2.75. The molecule has 0 aliphatic carbocycles. The van der Waals surface area contributed by atoms with E-state index in [-0.39, 0.29) is 0 Å². The molecule has 0 aliphatic heterocycles. The Kier molecular flexibility index (Phi) is 3.73. The lowest BCUT2D eigenvalue weighted by atomic mass is 10.2. The van der Waals surface area contributed by atoms with Crippen LogP contribution in [0.4, 0.5) is 19.0 Å². The Hall–Kier alpha value is -2.05. The van der Waals surface area contributed by atoms with Crippen molar-refractivity contribution in [1.29, 1.82) is 0 Å². The van der Waals surface area contributed by atoms with Crippen molar-refractivity contribution in [1.82, 2.24) is 14.8 Å². The number of pyridine rings is 1. The number of rotatable bonds is 4. The molecule has 7 heteroatoms. The zero-order valence-electron chi connectivity index (χ0n) is 10.3. The Morgan fingerprint density at radius 3 is 2.58 bits per heavy atom. The van der Waals surface area contributed by atoms with Crippen LogP contribution in [0.2, 0.25) is 0 Å². The summed E-state index contributed by atoms with van der Waals surface area (Å²) >= 11 is 0. The van der Waals surface area contributed by atoms with Crippen molar-refractivity contribution in [3.05, 3.63) is 41.9 Å². The Balaban J connectivity index is 1.86. The van der Waals surface area contributed by atoms with Crippen molar-refractivity contribution in [3.8, 4) is 0 Å². The third-order valence-corrected chi connectivity index (χ3v) is 2.57. The van der Waals surface area contributed by atoms with Crippen LogP contribution in [0.5, 0.6) is 0 Å². The summed E-state index contributed by atoms with van der Waals surface area (Å²) in [6.45, 7) is 0.587. The summed E-state index contributed by atoms with van der Waals surface area (Å²) in [5.74, 6) is 0.428. The molecule has 0 bridgehead atoms. The molecule has 0 amide bonds. The Labute approximate surface area is 108 Å². The molecule has 2 heterocycles. The van der Waals surface area contributed by atoms with Gasteiger partial charge in [-0.15, -0.1) is 0 Å². The molecule has 0 radical (unpaired) electrons. The zero-order valence-corrected chi connectivity index (χ0v) is 10.3. The maximum atomic E-state index is 12.3. The number of hydrogen-bond acceptors (Lipinski definition) is 3. The minimum absolute atomic E-state index is 0.428. The molecule has 1 N–H and O–H groups in total. The lowest BCUT2D eigenvalue weighted by molar-refractivity contribution is -0.137. The highest BCUT2D eigenvalue weighted by atomic mass is 19.4. The highest BCUT2D eigenvalue weighted by molar-refractivity contribution is 5.36. The molecule has 2 aromatic heterocycles. The molecule has 2 rings (SSSR count). The highest BCUT2D eigenvalue weighted by Crippen LogP contribution is 2.28. The van der Waals surface area contributed by atoms with Crippen LogP contribution in [-0.2, 0) is 19.6 Å². The van der Waals surface area contributed by atoms with Crippen LogP contribution in [0.3, 0.4) is 0 Å². The van der Waals surface area contributed by atoms with Crippen molar-refractivity contribution in [2.75, 3.05) is 11.9 Å². The summed E-state index contributed by atoms with van der Waals surface area (Å²) in [4.78, 5) is 3.73. The minimum atomic E-state index is -4.35. The van der Waals surface area contributed by atoms with Crippen molar-refractivity contribution in [2.45, 2.75) is 12.6 Å². The van der Waals surface area contributed by atoms with E-state index in [1.165, 1.54) is 6.07 Å². The van der Waals surface area contributed by atoms with Gasteiger partial charge in [-0.25, -0.2) is 4.98 Å². The van der Waals surface area contributed by atoms with Gasteiger partial charge < -0.3 is 5.32 Å². The number of aromatic nitrogens is 3. The number of halogens is 3. The molecule has 19 heavy (non-hydrogen) atoms. The number of nitrogens with zero attached hydrogens (tertiary/aromatic N) is 3. The molecule has 0 aromatic carbocycles. The van der Waals surface area contributed by atoms with Crippen molar-refractivity contribution in [2.24, 2.45) is 7.05 Å². The summed E-state index contributed by atoms with van der Waals surface area (Å²) in [5, 5.41) is 6.99. The average molecular weight is 270 g/mol. The van der Waals surface area contributed by atoms with Gasteiger partial charge in [0.25, 0.3) is 0 Å². The van der Waals surface area contributed by atoms with Gasteiger partial charge in [0.05, 0.1) is 11.8 Å². The quantitative estimate of drug-likeness (QED) is 0.928. The Morgan fingerprint density at radius 2 is 2.05 bits per heavy atom. The summed E-state index contributed by atoms with van der Waals surface area (Å²) in [6, 6.07) is 2.34. The van der Waals surface area contributed by atoms with Gasteiger partial charge in [-0.05, 0) is 24.1 Å². The Morgan fingerprint density at radius 1 is 1.26 bits per heavy atom. The fourth-order valence-electron chi connectivity index (χ4n) is 1.60. The standard InChI is InChI=1S/C12H13F3N4/c1-19-8-9(6-18-19)4-5-16-11-3-2-10(7-17-11)12(13,14)15/h2-3,6-8H,4-5H2,1H3,(H,16,17). The van der Waals surface area contributed by atoms with E-state index in [1.54, 1.807) is 10.9 Å². The van der Waals surface area contributed by atoms with Crippen molar-refractivity contribution >= 4 is 5.82 Å². The van der Waals surface area contributed by atoms with E-state index >= 15 is 0 Å². The van der Waals surface area contributed by atoms with Gasteiger partial charge in [0.2, 0.25) is 0 Å². The first-order chi connectivity index (χ1) is 8.95. The van der Waals surface area contributed by atoms with E-state index in [0.29, 0.717) is 12.4 Å². The second-order valence-corrected chi connectivity index (χ2v) is 4.13. The second kappa shape index (κ2) is 5.29. The molecule has 0 atom stereocenters. The topological polar surface area (TPSA) is 42.7 Å². The van der Waals surface area contributed by atoms with Crippen LogP contribution < -0.4 is 5.32 Å². The third kappa shape index (κ3) is 3.70. The monoisotopic (exact) mass is 270 g/mol. The number of aryl methyl sites for hydroxylation is 1. The summed E-state index contributed by atoms with van der Waals surface area (Å²) in [6.07, 6.45) is 0.855. The lowest BCUT2D eigenvalue weighted by Crippen LogP contribution is -2.08. The summed E-state index contributed by atoms with van der Waals surface area (Å²) < 4.78 is 38.7. The summed E-state index contributed by atoms with van der Waals surface area (Å²) in [7, 11) is 1.83. The highest BCUT2D eigenvalue weighted by Gasteiger charge is 2.30. The van der Waals surface area contributed by atoms with Gasteiger partial charge in [-0.2, -0.15) is 18.3 Å². The van der Waals surface area contributed by atoms with Crippen molar-refractivity contribution in [3.63, 3.8) is 0 Å². The van der Waals surface area contributed by atoms with Crippen LogP contribution in [0.25, 0.3) is 0 Å². The second-order valence-electron chi connectivity index (χ2n) is 4.13. The van der Waals surface area contributed by atoms with Crippen molar-refractivity contribution < 1.29 is 13.2 Å². The minimum Gasteiger partial charge on any atom is -0.370 e. The first kappa shape index (κ1) is 13.4. The van der Waals surface area contributed by atoms with Gasteiger partial charge >= 0.3 is 6.18 Å². The first-order valence-electron chi connectivity index (χ1n) is 5.70. The molecular formula is C12H13F3N4. The molecule has 4 nitrogen and oxygen atoms in total. The number of hydrogen-bond donors (Lipinski definition) is 1. The molecule has 0 aliphatic rings. The number of anilines is 1. The predicted octanol–water partition coefficient (Wildman–Crippen LogP) is 2.49. The first-order valence-corrected chi connectivity index (χ1v) is 5.70. The number of nitrogens with one attached hydrogen (secondary N) is 1. The van der Waals surface area contributed by atoms with E-state index in [1.807, 2.05) is 13.2 Å². The number of alkyl halides is 3. The van der Waals surface area contributed by atoms with Crippen LogP contribution >= 0.6 is 0 Å². The smallest absolute Gasteiger partial charge is 0.370 e. The maximum Gasteiger partial charge on any atom is 0.417 e. The van der Waals surface area contributed by atoms with Gasteiger partial charge in [-0.3, -0.25) is 4.68 Å². The molecule has 2 aromatic rings. The SMILES string of the molecule is Cn1cc(CCNc2ccc(C(F)(F)F)cn2)cn1.